The van der Waals surface area contributed by atoms with E-state index in [0.29, 0.717) is 11.6 Å². The van der Waals surface area contributed by atoms with Crippen molar-refractivity contribution in [2.75, 3.05) is 0 Å². The van der Waals surface area contributed by atoms with Crippen LogP contribution in [0.5, 0.6) is 0 Å². The highest BCUT2D eigenvalue weighted by molar-refractivity contribution is 5.64. The zero-order chi connectivity index (χ0) is 15.6. The number of nitro benzene ring substituents is 1. The van der Waals surface area contributed by atoms with Gasteiger partial charge in [-0.05, 0) is 19.3 Å². The molecule has 2 rings (SSSR count). The van der Waals surface area contributed by atoms with E-state index in [-0.39, 0.29) is 11.7 Å². The fourth-order valence-electron chi connectivity index (χ4n) is 2.33. The standard InChI is InChI=1S/C15H20N4O2/c1-9(2)7-13(16)15-17-10(3)14(18-15)11-5-4-6-12(8-11)19(20)21/h4-6,8-9,13H,7,16H2,1-3H3,(H,17,18). The second-order valence-corrected chi connectivity index (χ2v) is 5.64. The van der Waals surface area contributed by atoms with Crippen molar-refractivity contribution in [3.05, 3.63) is 45.9 Å². The number of aryl methyl sites for hydroxylation is 1. The maximum atomic E-state index is 10.9. The van der Waals surface area contributed by atoms with Crippen molar-refractivity contribution in [1.82, 2.24) is 9.97 Å². The third-order valence-electron chi connectivity index (χ3n) is 3.31. The summed E-state index contributed by atoms with van der Waals surface area (Å²) in [4.78, 5) is 18.2. The molecule has 1 atom stereocenters. The molecule has 0 aliphatic carbocycles. The first-order valence-corrected chi connectivity index (χ1v) is 6.95. The molecule has 0 radical (unpaired) electrons. The predicted molar refractivity (Wildman–Crippen MR) is 81.8 cm³/mol. The summed E-state index contributed by atoms with van der Waals surface area (Å²) in [7, 11) is 0. The fourth-order valence-corrected chi connectivity index (χ4v) is 2.33. The highest BCUT2D eigenvalue weighted by atomic mass is 16.6. The van der Waals surface area contributed by atoms with Crippen LogP contribution in [0.3, 0.4) is 0 Å². The smallest absolute Gasteiger partial charge is 0.270 e. The molecule has 0 fully saturated rings. The summed E-state index contributed by atoms with van der Waals surface area (Å²) in [5.74, 6) is 1.20. The zero-order valence-electron chi connectivity index (χ0n) is 12.5. The van der Waals surface area contributed by atoms with Gasteiger partial charge in [0.05, 0.1) is 16.7 Å². The van der Waals surface area contributed by atoms with E-state index in [2.05, 4.69) is 23.8 Å². The molecule has 1 aromatic carbocycles. The molecule has 0 saturated heterocycles. The number of aromatic amines is 1. The van der Waals surface area contributed by atoms with Gasteiger partial charge in [0.2, 0.25) is 0 Å². The molecular formula is C15H20N4O2. The number of nitrogens with two attached hydrogens (primary N) is 1. The average molecular weight is 288 g/mol. The Bertz CT molecular complexity index is 649. The maximum absolute atomic E-state index is 10.9. The molecule has 6 nitrogen and oxygen atoms in total. The monoisotopic (exact) mass is 288 g/mol. The summed E-state index contributed by atoms with van der Waals surface area (Å²) in [6, 6.07) is 6.32. The third-order valence-corrected chi connectivity index (χ3v) is 3.31. The molecule has 0 bridgehead atoms. The molecule has 0 amide bonds. The number of hydrogen-bond acceptors (Lipinski definition) is 4. The number of benzene rings is 1. The van der Waals surface area contributed by atoms with Crippen LogP contribution in [0.1, 0.15) is 37.8 Å². The van der Waals surface area contributed by atoms with Gasteiger partial charge in [-0.1, -0.05) is 26.0 Å². The molecule has 0 spiro atoms. The summed E-state index contributed by atoms with van der Waals surface area (Å²) in [5.41, 5.74) is 8.49. The molecule has 1 aromatic heterocycles. The second-order valence-electron chi connectivity index (χ2n) is 5.64. The molecule has 3 N–H and O–H groups in total. The molecule has 0 saturated carbocycles. The van der Waals surface area contributed by atoms with E-state index in [0.717, 1.165) is 23.5 Å². The first-order valence-electron chi connectivity index (χ1n) is 6.95. The highest BCUT2D eigenvalue weighted by Gasteiger charge is 2.17. The average Bonchev–Trinajstić information content (AvgIpc) is 2.80. The topological polar surface area (TPSA) is 97.8 Å². The Balaban J connectivity index is 2.35. The maximum Gasteiger partial charge on any atom is 0.270 e. The number of nitro groups is 1. The van der Waals surface area contributed by atoms with Gasteiger partial charge in [0.15, 0.2) is 0 Å². The van der Waals surface area contributed by atoms with Crippen molar-refractivity contribution < 1.29 is 4.92 Å². The van der Waals surface area contributed by atoms with E-state index in [4.69, 9.17) is 5.73 Å². The van der Waals surface area contributed by atoms with E-state index in [1.165, 1.54) is 12.1 Å². The number of nitrogens with zero attached hydrogens (tertiary/aromatic N) is 2. The molecule has 2 aromatic rings. The minimum atomic E-state index is -0.406. The van der Waals surface area contributed by atoms with Crippen molar-refractivity contribution in [1.29, 1.82) is 0 Å². The van der Waals surface area contributed by atoms with Crippen LogP contribution in [0.15, 0.2) is 24.3 Å². The van der Waals surface area contributed by atoms with Crippen LogP contribution >= 0.6 is 0 Å². The van der Waals surface area contributed by atoms with Gasteiger partial charge >= 0.3 is 0 Å². The number of H-pyrrole nitrogens is 1. The van der Waals surface area contributed by atoms with Crippen LogP contribution < -0.4 is 5.73 Å². The lowest BCUT2D eigenvalue weighted by Gasteiger charge is -2.10. The number of imidazole rings is 1. The van der Waals surface area contributed by atoms with Crippen LogP contribution in [-0.2, 0) is 0 Å². The van der Waals surface area contributed by atoms with Gasteiger partial charge in [-0.25, -0.2) is 4.98 Å². The van der Waals surface area contributed by atoms with Crippen molar-refractivity contribution in [3.8, 4) is 11.3 Å². The Morgan fingerprint density at radius 1 is 1.43 bits per heavy atom. The van der Waals surface area contributed by atoms with Crippen LogP contribution in [-0.4, -0.2) is 14.9 Å². The number of rotatable bonds is 5. The fraction of sp³-hybridized carbons (Fsp3) is 0.400. The normalized spacial score (nSPS) is 12.6. The highest BCUT2D eigenvalue weighted by Crippen LogP contribution is 2.27. The van der Waals surface area contributed by atoms with Gasteiger partial charge in [-0.2, -0.15) is 0 Å². The summed E-state index contributed by atoms with van der Waals surface area (Å²) < 4.78 is 0. The van der Waals surface area contributed by atoms with Gasteiger partial charge in [-0.3, -0.25) is 10.1 Å². The van der Waals surface area contributed by atoms with Crippen LogP contribution in [0.4, 0.5) is 5.69 Å². The molecule has 1 unspecified atom stereocenters. The van der Waals surface area contributed by atoms with E-state index in [1.54, 1.807) is 6.07 Å². The molecule has 0 aliphatic heterocycles. The first-order chi connectivity index (χ1) is 9.88. The molecule has 21 heavy (non-hydrogen) atoms. The van der Waals surface area contributed by atoms with E-state index in [1.807, 2.05) is 13.0 Å². The molecular weight excluding hydrogens is 268 g/mol. The van der Waals surface area contributed by atoms with E-state index in [9.17, 15) is 10.1 Å². The lowest BCUT2D eigenvalue weighted by molar-refractivity contribution is -0.384. The molecule has 112 valence electrons. The lowest BCUT2D eigenvalue weighted by atomic mass is 10.0. The van der Waals surface area contributed by atoms with Crippen molar-refractivity contribution in [3.63, 3.8) is 0 Å². The van der Waals surface area contributed by atoms with Crippen molar-refractivity contribution >= 4 is 5.69 Å². The van der Waals surface area contributed by atoms with Crippen LogP contribution in [0, 0.1) is 23.0 Å². The summed E-state index contributed by atoms with van der Waals surface area (Å²) >= 11 is 0. The number of hydrogen-bond donors (Lipinski definition) is 2. The Hall–Kier alpha value is -2.21. The third kappa shape index (κ3) is 3.46. The number of non-ortho nitro benzene ring substituents is 1. The Morgan fingerprint density at radius 3 is 2.76 bits per heavy atom. The predicted octanol–water partition coefficient (Wildman–Crippen LogP) is 3.34. The van der Waals surface area contributed by atoms with Gasteiger partial charge in [-0.15, -0.1) is 0 Å². The minimum absolute atomic E-state index is 0.0583. The van der Waals surface area contributed by atoms with E-state index >= 15 is 0 Å². The van der Waals surface area contributed by atoms with Gasteiger partial charge in [0.1, 0.15) is 5.82 Å². The minimum Gasteiger partial charge on any atom is -0.344 e. The molecule has 0 aliphatic rings. The lowest BCUT2D eigenvalue weighted by Crippen LogP contribution is -2.14. The molecule has 6 heteroatoms. The van der Waals surface area contributed by atoms with Gasteiger partial charge in [0.25, 0.3) is 5.69 Å². The zero-order valence-corrected chi connectivity index (χ0v) is 12.5. The Morgan fingerprint density at radius 2 is 2.14 bits per heavy atom. The molecule has 1 heterocycles. The van der Waals surface area contributed by atoms with Gasteiger partial charge in [0, 0.05) is 23.4 Å². The summed E-state index contributed by atoms with van der Waals surface area (Å²) in [6.45, 7) is 6.11. The Kier molecular flexibility index (Phi) is 4.37. The van der Waals surface area contributed by atoms with Crippen LogP contribution in [0.2, 0.25) is 0 Å². The largest absolute Gasteiger partial charge is 0.344 e. The summed E-state index contributed by atoms with van der Waals surface area (Å²) in [6.07, 6.45) is 0.835. The van der Waals surface area contributed by atoms with Gasteiger partial charge < -0.3 is 10.7 Å². The SMILES string of the molecule is Cc1[nH]c(C(N)CC(C)C)nc1-c1cccc([N+](=O)[O-])c1. The first kappa shape index (κ1) is 15.2. The number of nitrogens with one attached hydrogen (secondary N) is 1. The van der Waals surface area contributed by atoms with Crippen molar-refractivity contribution in [2.24, 2.45) is 11.7 Å². The second kappa shape index (κ2) is 6.05. The van der Waals surface area contributed by atoms with Crippen molar-refractivity contribution in [2.45, 2.75) is 33.2 Å². The van der Waals surface area contributed by atoms with Crippen LogP contribution in [0.25, 0.3) is 11.3 Å². The summed E-state index contributed by atoms with van der Waals surface area (Å²) in [5, 5.41) is 10.9. The quantitative estimate of drug-likeness (QED) is 0.651. The number of aromatic nitrogens is 2. The van der Waals surface area contributed by atoms with E-state index < -0.39 is 4.92 Å². The Labute approximate surface area is 123 Å².